The summed E-state index contributed by atoms with van der Waals surface area (Å²) in [6, 6.07) is 9.86. The van der Waals surface area contributed by atoms with Crippen LogP contribution in [-0.2, 0) is 0 Å². The van der Waals surface area contributed by atoms with Gasteiger partial charge in [-0.1, -0.05) is 13.8 Å². The Kier molecular flexibility index (Phi) is 7.58. The minimum atomic E-state index is -0.166. The number of carbonyl (C=O) groups is 1. The SMILES string of the molecule is CCN(CC)c1ccc(Nc2nc(C)cc(C(=O)NCCC(C)C)n2)cc1. The molecule has 6 heteroatoms. The van der Waals surface area contributed by atoms with E-state index in [1.165, 1.54) is 5.69 Å². The molecule has 6 nitrogen and oxygen atoms in total. The zero-order valence-electron chi connectivity index (χ0n) is 17.0. The van der Waals surface area contributed by atoms with Gasteiger partial charge in [0.25, 0.3) is 5.91 Å². The van der Waals surface area contributed by atoms with E-state index in [2.05, 4.69) is 65.3 Å². The summed E-state index contributed by atoms with van der Waals surface area (Å²) in [5.74, 6) is 0.814. The first kappa shape index (κ1) is 20.7. The van der Waals surface area contributed by atoms with Gasteiger partial charge >= 0.3 is 0 Å². The number of nitrogens with one attached hydrogen (secondary N) is 2. The highest BCUT2D eigenvalue weighted by Gasteiger charge is 2.11. The van der Waals surface area contributed by atoms with E-state index in [9.17, 15) is 4.79 Å². The normalized spacial score (nSPS) is 10.7. The smallest absolute Gasteiger partial charge is 0.270 e. The third-order valence-corrected chi connectivity index (χ3v) is 4.35. The van der Waals surface area contributed by atoms with Crippen LogP contribution in [0.1, 0.15) is 50.3 Å². The van der Waals surface area contributed by atoms with Crippen molar-refractivity contribution in [2.75, 3.05) is 29.9 Å². The molecule has 2 aromatic rings. The fourth-order valence-electron chi connectivity index (χ4n) is 2.78. The van der Waals surface area contributed by atoms with Crippen LogP contribution < -0.4 is 15.5 Å². The van der Waals surface area contributed by atoms with Gasteiger partial charge in [0.1, 0.15) is 5.69 Å². The molecule has 27 heavy (non-hydrogen) atoms. The molecular weight excluding hydrogens is 338 g/mol. The average molecular weight is 370 g/mol. The Balaban J connectivity index is 2.08. The molecule has 0 aliphatic rings. The number of carbonyl (C=O) groups excluding carboxylic acids is 1. The lowest BCUT2D eigenvalue weighted by Gasteiger charge is -2.21. The standard InChI is InChI=1S/C21H31N5O/c1-6-26(7-2)18-10-8-17(9-11-18)24-21-23-16(5)14-19(25-21)20(27)22-13-12-15(3)4/h8-11,14-15H,6-7,12-13H2,1-5H3,(H,22,27)(H,23,24,25). The first-order valence-corrected chi connectivity index (χ1v) is 9.68. The number of hydrogen-bond acceptors (Lipinski definition) is 5. The molecule has 0 fully saturated rings. The highest BCUT2D eigenvalue weighted by Crippen LogP contribution is 2.20. The number of rotatable bonds is 9. The first-order valence-electron chi connectivity index (χ1n) is 9.68. The van der Waals surface area contributed by atoms with Gasteiger partial charge in [0.15, 0.2) is 0 Å². The summed E-state index contributed by atoms with van der Waals surface area (Å²) in [5, 5.41) is 6.11. The molecule has 1 heterocycles. The topological polar surface area (TPSA) is 70.2 Å². The number of amides is 1. The number of benzene rings is 1. The minimum absolute atomic E-state index is 0.166. The molecule has 0 atom stereocenters. The highest BCUT2D eigenvalue weighted by molar-refractivity contribution is 5.92. The maximum Gasteiger partial charge on any atom is 0.270 e. The van der Waals surface area contributed by atoms with Crippen LogP contribution in [0, 0.1) is 12.8 Å². The molecule has 2 rings (SSSR count). The monoisotopic (exact) mass is 369 g/mol. The second-order valence-electron chi connectivity index (χ2n) is 7.00. The fourth-order valence-corrected chi connectivity index (χ4v) is 2.78. The molecule has 0 aliphatic carbocycles. The largest absolute Gasteiger partial charge is 0.372 e. The molecule has 0 radical (unpaired) electrons. The van der Waals surface area contributed by atoms with Crippen molar-refractivity contribution in [3.63, 3.8) is 0 Å². The molecule has 0 unspecified atom stereocenters. The lowest BCUT2D eigenvalue weighted by atomic mass is 10.1. The summed E-state index contributed by atoms with van der Waals surface area (Å²) in [6.45, 7) is 13.0. The van der Waals surface area contributed by atoms with Crippen LogP contribution in [0.3, 0.4) is 0 Å². The number of anilines is 3. The summed E-state index contributed by atoms with van der Waals surface area (Å²) in [7, 11) is 0. The minimum Gasteiger partial charge on any atom is -0.372 e. The van der Waals surface area contributed by atoms with Crippen molar-refractivity contribution in [1.82, 2.24) is 15.3 Å². The molecule has 2 N–H and O–H groups in total. The molecule has 1 aromatic heterocycles. The van der Waals surface area contributed by atoms with E-state index >= 15 is 0 Å². The Morgan fingerprint density at radius 2 is 1.78 bits per heavy atom. The average Bonchev–Trinajstić information content (AvgIpc) is 2.63. The molecule has 0 spiro atoms. The second kappa shape index (κ2) is 9.90. The number of aromatic nitrogens is 2. The number of aryl methyl sites for hydroxylation is 1. The quantitative estimate of drug-likeness (QED) is 0.695. The molecule has 0 saturated heterocycles. The van der Waals surface area contributed by atoms with Crippen LogP contribution in [0.15, 0.2) is 30.3 Å². The van der Waals surface area contributed by atoms with Crippen LogP contribution in [0.5, 0.6) is 0 Å². The fraction of sp³-hybridized carbons (Fsp3) is 0.476. The van der Waals surface area contributed by atoms with E-state index in [-0.39, 0.29) is 5.91 Å². The Labute approximate surface area is 162 Å². The maximum atomic E-state index is 12.3. The summed E-state index contributed by atoms with van der Waals surface area (Å²) in [4.78, 5) is 23.4. The van der Waals surface area contributed by atoms with Crippen molar-refractivity contribution < 1.29 is 4.79 Å². The van der Waals surface area contributed by atoms with Crippen molar-refractivity contribution in [1.29, 1.82) is 0 Å². The third-order valence-electron chi connectivity index (χ3n) is 4.35. The van der Waals surface area contributed by atoms with Crippen LogP contribution in [-0.4, -0.2) is 35.5 Å². The van der Waals surface area contributed by atoms with Gasteiger partial charge in [0, 0.05) is 36.7 Å². The third kappa shape index (κ3) is 6.24. The molecule has 1 amide bonds. The van der Waals surface area contributed by atoms with E-state index in [1.807, 2.05) is 19.1 Å². The van der Waals surface area contributed by atoms with E-state index < -0.39 is 0 Å². The molecular formula is C21H31N5O. The van der Waals surface area contributed by atoms with E-state index in [1.54, 1.807) is 6.07 Å². The second-order valence-corrected chi connectivity index (χ2v) is 7.00. The van der Waals surface area contributed by atoms with Crippen LogP contribution in [0.2, 0.25) is 0 Å². The zero-order valence-corrected chi connectivity index (χ0v) is 17.0. The van der Waals surface area contributed by atoms with Gasteiger partial charge in [-0.2, -0.15) is 0 Å². The number of hydrogen-bond donors (Lipinski definition) is 2. The summed E-state index contributed by atoms with van der Waals surface area (Å²) in [6.07, 6.45) is 0.944. The summed E-state index contributed by atoms with van der Waals surface area (Å²) >= 11 is 0. The van der Waals surface area contributed by atoms with Crippen molar-refractivity contribution in [3.8, 4) is 0 Å². The van der Waals surface area contributed by atoms with Crippen molar-refractivity contribution in [2.45, 2.75) is 41.0 Å². The zero-order chi connectivity index (χ0) is 19.8. The highest BCUT2D eigenvalue weighted by atomic mass is 16.1. The first-order chi connectivity index (χ1) is 12.9. The Morgan fingerprint density at radius 1 is 1.11 bits per heavy atom. The van der Waals surface area contributed by atoms with E-state index in [4.69, 9.17) is 0 Å². The molecule has 0 bridgehead atoms. The summed E-state index contributed by atoms with van der Waals surface area (Å²) < 4.78 is 0. The van der Waals surface area contributed by atoms with Gasteiger partial charge in [0.05, 0.1) is 0 Å². The van der Waals surface area contributed by atoms with Gasteiger partial charge in [-0.15, -0.1) is 0 Å². The predicted octanol–water partition coefficient (Wildman–Crippen LogP) is 4.15. The molecule has 0 aliphatic heterocycles. The van der Waals surface area contributed by atoms with Gasteiger partial charge in [0.2, 0.25) is 5.95 Å². The Morgan fingerprint density at radius 3 is 2.37 bits per heavy atom. The van der Waals surface area contributed by atoms with E-state index in [0.29, 0.717) is 24.1 Å². The van der Waals surface area contributed by atoms with Crippen LogP contribution in [0.25, 0.3) is 0 Å². The number of nitrogens with zero attached hydrogens (tertiary/aromatic N) is 3. The van der Waals surface area contributed by atoms with Gasteiger partial charge in [-0.3, -0.25) is 4.79 Å². The maximum absolute atomic E-state index is 12.3. The van der Waals surface area contributed by atoms with Gasteiger partial charge in [-0.25, -0.2) is 9.97 Å². The Hall–Kier alpha value is -2.63. The van der Waals surface area contributed by atoms with Crippen LogP contribution >= 0.6 is 0 Å². The Bertz CT molecular complexity index is 739. The lowest BCUT2D eigenvalue weighted by Crippen LogP contribution is -2.26. The lowest BCUT2D eigenvalue weighted by molar-refractivity contribution is 0.0947. The van der Waals surface area contributed by atoms with Crippen molar-refractivity contribution in [2.24, 2.45) is 5.92 Å². The predicted molar refractivity (Wildman–Crippen MR) is 112 cm³/mol. The van der Waals surface area contributed by atoms with Gasteiger partial charge in [-0.05, 0) is 63.4 Å². The summed E-state index contributed by atoms with van der Waals surface area (Å²) in [5.41, 5.74) is 3.21. The molecule has 1 aromatic carbocycles. The molecule has 146 valence electrons. The van der Waals surface area contributed by atoms with Crippen molar-refractivity contribution in [3.05, 3.63) is 41.7 Å². The van der Waals surface area contributed by atoms with Crippen LogP contribution in [0.4, 0.5) is 17.3 Å². The molecule has 0 saturated carbocycles. The van der Waals surface area contributed by atoms with E-state index in [0.717, 1.165) is 30.9 Å². The van der Waals surface area contributed by atoms with Crippen molar-refractivity contribution >= 4 is 23.2 Å². The van der Waals surface area contributed by atoms with Gasteiger partial charge < -0.3 is 15.5 Å².